The van der Waals surface area contributed by atoms with Crippen LogP contribution in [0.5, 0.6) is 0 Å². The maximum atomic E-state index is 11.5. The van der Waals surface area contributed by atoms with Crippen molar-refractivity contribution in [3.63, 3.8) is 0 Å². The van der Waals surface area contributed by atoms with Crippen LogP contribution in [0.4, 0.5) is 0 Å². The molecular formula is C14H28O3Si. The molecule has 4 heteroatoms. The van der Waals surface area contributed by atoms with Gasteiger partial charge < -0.3 is 9.47 Å². The third-order valence-corrected chi connectivity index (χ3v) is 6.38. The molecule has 3 atom stereocenters. The van der Waals surface area contributed by atoms with E-state index in [1.54, 1.807) is 6.92 Å². The van der Waals surface area contributed by atoms with Gasteiger partial charge in [-0.15, -0.1) is 0 Å². The standard InChI is InChI=1S/C14H28O3Si/c1-7-12(11(6)16-9-3)18-13(8-2)17-14(15)10(4)5/h11-13H,4,7-9,18H2,1-3,5-6H3. The lowest BCUT2D eigenvalue weighted by molar-refractivity contribution is -0.141. The molecule has 18 heavy (non-hydrogen) atoms. The molecular weight excluding hydrogens is 244 g/mol. The largest absolute Gasteiger partial charge is 0.464 e. The van der Waals surface area contributed by atoms with Crippen LogP contribution in [-0.2, 0) is 14.3 Å². The summed E-state index contributed by atoms with van der Waals surface area (Å²) in [6.07, 6.45) is 2.25. The van der Waals surface area contributed by atoms with Gasteiger partial charge in [0.2, 0.25) is 0 Å². The fourth-order valence-corrected chi connectivity index (χ4v) is 4.09. The average molecular weight is 272 g/mol. The summed E-state index contributed by atoms with van der Waals surface area (Å²) < 4.78 is 11.2. The molecule has 0 spiro atoms. The Morgan fingerprint density at radius 1 is 1.28 bits per heavy atom. The van der Waals surface area contributed by atoms with Gasteiger partial charge in [0.05, 0.1) is 21.4 Å². The fourth-order valence-electron chi connectivity index (χ4n) is 1.98. The highest BCUT2D eigenvalue weighted by Crippen LogP contribution is 2.20. The zero-order valence-electron chi connectivity index (χ0n) is 12.5. The number of hydrogen-bond acceptors (Lipinski definition) is 3. The molecule has 0 radical (unpaired) electrons. The smallest absolute Gasteiger partial charge is 0.333 e. The minimum Gasteiger partial charge on any atom is -0.464 e. The molecule has 0 aromatic carbocycles. The summed E-state index contributed by atoms with van der Waals surface area (Å²) in [5, 5.41) is 0. The highest BCUT2D eigenvalue weighted by molar-refractivity contribution is 6.39. The lowest BCUT2D eigenvalue weighted by Crippen LogP contribution is -2.32. The Labute approximate surface area is 114 Å². The minimum atomic E-state index is -0.512. The molecule has 0 aromatic rings. The average Bonchev–Trinajstić information content (AvgIpc) is 2.33. The van der Waals surface area contributed by atoms with Crippen LogP contribution in [0.15, 0.2) is 12.2 Å². The van der Waals surface area contributed by atoms with E-state index < -0.39 is 9.52 Å². The van der Waals surface area contributed by atoms with Crippen molar-refractivity contribution < 1.29 is 14.3 Å². The van der Waals surface area contributed by atoms with Crippen LogP contribution in [0, 0.1) is 0 Å². The molecule has 0 fully saturated rings. The zero-order valence-corrected chi connectivity index (χ0v) is 13.9. The molecule has 0 heterocycles. The SMILES string of the molecule is C=C(C)C(=O)OC(CC)[SiH2]C(CC)C(C)OCC. The first-order valence-corrected chi connectivity index (χ1v) is 8.57. The molecule has 0 rings (SSSR count). The first-order chi connectivity index (χ1) is 8.46. The topological polar surface area (TPSA) is 35.5 Å². The van der Waals surface area contributed by atoms with E-state index in [0.717, 1.165) is 19.4 Å². The van der Waals surface area contributed by atoms with Gasteiger partial charge in [-0.3, -0.25) is 0 Å². The molecule has 0 bridgehead atoms. The van der Waals surface area contributed by atoms with E-state index >= 15 is 0 Å². The second-order valence-electron chi connectivity index (χ2n) is 4.78. The van der Waals surface area contributed by atoms with Gasteiger partial charge in [0, 0.05) is 12.2 Å². The van der Waals surface area contributed by atoms with Crippen molar-refractivity contribution in [2.45, 2.75) is 64.8 Å². The summed E-state index contributed by atoms with van der Waals surface area (Å²) in [5.41, 5.74) is 1.14. The lowest BCUT2D eigenvalue weighted by atomic mass is 10.2. The molecule has 3 nitrogen and oxygen atoms in total. The molecule has 3 unspecified atom stereocenters. The van der Waals surface area contributed by atoms with E-state index in [4.69, 9.17) is 9.47 Å². The van der Waals surface area contributed by atoms with Crippen LogP contribution in [0.25, 0.3) is 0 Å². The highest BCUT2D eigenvalue weighted by Gasteiger charge is 2.23. The van der Waals surface area contributed by atoms with Gasteiger partial charge in [-0.2, -0.15) is 0 Å². The number of ether oxygens (including phenoxy) is 2. The van der Waals surface area contributed by atoms with Crippen LogP contribution in [-0.4, -0.2) is 33.9 Å². The number of esters is 1. The van der Waals surface area contributed by atoms with Crippen molar-refractivity contribution in [3.8, 4) is 0 Å². The van der Waals surface area contributed by atoms with Gasteiger partial charge >= 0.3 is 5.97 Å². The quantitative estimate of drug-likeness (QED) is 0.368. The molecule has 0 saturated carbocycles. The van der Waals surface area contributed by atoms with Crippen LogP contribution in [0.2, 0.25) is 5.54 Å². The van der Waals surface area contributed by atoms with Gasteiger partial charge in [0.15, 0.2) is 0 Å². The van der Waals surface area contributed by atoms with E-state index in [1.807, 2.05) is 6.92 Å². The van der Waals surface area contributed by atoms with E-state index in [2.05, 4.69) is 27.4 Å². The maximum absolute atomic E-state index is 11.5. The number of hydrogen-bond donors (Lipinski definition) is 0. The Bertz CT molecular complexity index is 266. The van der Waals surface area contributed by atoms with Gasteiger partial charge in [-0.1, -0.05) is 26.8 Å². The van der Waals surface area contributed by atoms with Crippen LogP contribution in [0.3, 0.4) is 0 Å². The molecule has 0 aliphatic heterocycles. The molecule has 0 N–H and O–H groups in total. The van der Waals surface area contributed by atoms with Crippen molar-refractivity contribution in [3.05, 3.63) is 12.2 Å². The van der Waals surface area contributed by atoms with Crippen LogP contribution >= 0.6 is 0 Å². The van der Waals surface area contributed by atoms with E-state index in [9.17, 15) is 4.79 Å². The van der Waals surface area contributed by atoms with E-state index in [0.29, 0.717) is 11.1 Å². The third-order valence-electron chi connectivity index (χ3n) is 3.26. The van der Waals surface area contributed by atoms with Crippen molar-refractivity contribution in [2.75, 3.05) is 6.61 Å². The molecule has 0 aliphatic rings. The second kappa shape index (κ2) is 9.33. The molecule has 0 amide bonds. The minimum absolute atomic E-state index is 0.0991. The number of rotatable bonds is 9. The molecule has 0 aliphatic carbocycles. The van der Waals surface area contributed by atoms with Gasteiger partial charge in [0.25, 0.3) is 0 Å². The van der Waals surface area contributed by atoms with Crippen LogP contribution < -0.4 is 0 Å². The van der Waals surface area contributed by atoms with Gasteiger partial charge in [0.1, 0.15) is 0 Å². The van der Waals surface area contributed by atoms with Crippen molar-refractivity contribution in [1.82, 2.24) is 0 Å². The summed E-state index contributed by atoms with van der Waals surface area (Å²) >= 11 is 0. The molecule has 106 valence electrons. The zero-order chi connectivity index (χ0) is 14.1. The summed E-state index contributed by atoms with van der Waals surface area (Å²) in [4.78, 5) is 11.5. The Morgan fingerprint density at radius 3 is 2.28 bits per heavy atom. The van der Waals surface area contributed by atoms with Crippen LogP contribution in [0.1, 0.15) is 47.5 Å². The third kappa shape index (κ3) is 6.35. The highest BCUT2D eigenvalue weighted by atomic mass is 28.2. The maximum Gasteiger partial charge on any atom is 0.333 e. The predicted molar refractivity (Wildman–Crippen MR) is 78.7 cm³/mol. The fraction of sp³-hybridized carbons (Fsp3) is 0.786. The van der Waals surface area contributed by atoms with Gasteiger partial charge in [-0.05, 0) is 32.7 Å². The summed E-state index contributed by atoms with van der Waals surface area (Å²) in [5.74, 6) is -0.256. The predicted octanol–water partition coefficient (Wildman–Crippen LogP) is 2.63. The van der Waals surface area contributed by atoms with Crippen molar-refractivity contribution in [1.29, 1.82) is 0 Å². The Hall–Kier alpha value is -0.613. The molecule has 0 saturated heterocycles. The lowest BCUT2D eigenvalue weighted by Gasteiger charge is -2.26. The Kier molecular flexibility index (Phi) is 9.02. The molecule has 0 aromatic heterocycles. The van der Waals surface area contributed by atoms with E-state index in [-0.39, 0.29) is 17.8 Å². The van der Waals surface area contributed by atoms with Crippen molar-refractivity contribution >= 4 is 15.5 Å². The summed E-state index contributed by atoms with van der Waals surface area (Å²) in [7, 11) is -0.512. The van der Waals surface area contributed by atoms with E-state index in [1.165, 1.54) is 0 Å². The first kappa shape index (κ1) is 17.4. The number of carbonyl (C=O) groups is 1. The second-order valence-corrected chi connectivity index (χ2v) is 7.21. The Balaban J connectivity index is 4.39. The number of carbonyl (C=O) groups excluding carboxylic acids is 1. The Morgan fingerprint density at radius 2 is 1.89 bits per heavy atom. The monoisotopic (exact) mass is 272 g/mol. The normalized spacial score (nSPS) is 16.5. The summed E-state index contributed by atoms with van der Waals surface area (Å²) in [6, 6.07) is 0. The van der Waals surface area contributed by atoms with Crippen molar-refractivity contribution in [2.24, 2.45) is 0 Å². The first-order valence-electron chi connectivity index (χ1n) is 6.94. The van der Waals surface area contributed by atoms with Gasteiger partial charge in [-0.25, -0.2) is 4.79 Å². The summed E-state index contributed by atoms with van der Waals surface area (Å²) in [6.45, 7) is 14.5.